The predicted molar refractivity (Wildman–Crippen MR) is 138 cm³/mol. The van der Waals surface area contributed by atoms with Gasteiger partial charge in [-0.25, -0.2) is 9.79 Å². The summed E-state index contributed by atoms with van der Waals surface area (Å²) in [5.74, 6) is 0.531. The van der Waals surface area contributed by atoms with Crippen LogP contribution < -0.4 is 36.6 Å². The minimum Gasteiger partial charge on any atom is -0.494 e. The lowest BCUT2D eigenvalue weighted by atomic mass is 10.1. The van der Waals surface area contributed by atoms with Gasteiger partial charge in [0, 0.05) is 25.2 Å². The van der Waals surface area contributed by atoms with Gasteiger partial charge in [-0.15, -0.1) is 0 Å². The van der Waals surface area contributed by atoms with Crippen molar-refractivity contribution in [3.8, 4) is 17.4 Å². The fourth-order valence-corrected chi connectivity index (χ4v) is 4.23. The standard InChI is InChI=1S/C27H28N4O6/c1-16(32)28-12-10-19-18-6-4-5-7-21(18)29-22(19)15-20-25(33)30-27(35)31(26(20)34)13-11-17-8-9-23(36-2)24(14-17)37-3/h4-9,14-15,34H,10-13H2,1-3H3,(H,28,32)(H,30,33,35)/b22-15-. The number of hydrogen-bond acceptors (Lipinski definition) is 7. The van der Waals surface area contributed by atoms with E-state index in [1.54, 1.807) is 19.2 Å². The number of aromatic amines is 1. The minimum absolute atomic E-state index is 0.0736. The Kier molecular flexibility index (Phi) is 7.57. The summed E-state index contributed by atoms with van der Waals surface area (Å²) in [5.41, 5.74) is 0.653. The molecule has 192 valence electrons. The summed E-state index contributed by atoms with van der Waals surface area (Å²) in [6.45, 7) is 1.94. The maximum atomic E-state index is 12.7. The second-order valence-corrected chi connectivity index (χ2v) is 8.46. The van der Waals surface area contributed by atoms with E-state index in [9.17, 15) is 19.5 Å². The van der Waals surface area contributed by atoms with Crippen LogP contribution in [-0.2, 0) is 17.8 Å². The van der Waals surface area contributed by atoms with Crippen molar-refractivity contribution in [2.24, 2.45) is 4.99 Å². The lowest BCUT2D eigenvalue weighted by Crippen LogP contribution is -2.32. The van der Waals surface area contributed by atoms with Crippen molar-refractivity contribution in [2.45, 2.75) is 26.3 Å². The summed E-state index contributed by atoms with van der Waals surface area (Å²) in [7, 11) is 3.08. The number of hydrogen-bond donors (Lipinski definition) is 3. The second kappa shape index (κ2) is 11.0. The average Bonchev–Trinajstić information content (AvgIpc) is 3.23. The molecule has 1 aliphatic rings. The van der Waals surface area contributed by atoms with Crippen molar-refractivity contribution in [1.82, 2.24) is 14.9 Å². The highest BCUT2D eigenvalue weighted by molar-refractivity contribution is 5.77. The highest BCUT2D eigenvalue weighted by Crippen LogP contribution is 2.28. The van der Waals surface area contributed by atoms with E-state index in [1.165, 1.54) is 20.1 Å². The Labute approximate surface area is 212 Å². The Morgan fingerprint density at radius 2 is 1.86 bits per heavy atom. The van der Waals surface area contributed by atoms with Crippen LogP contribution in [0.2, 0.25) is 0 Å². The maximum absolute atomic E-state index is 12.7. The molecule has 3 N–H and O–H groups in total. The number of H-pyrrole nitrogens is 1. The third-order valence-electron chi connectivity index (χ3n) is 6.09. The van der Waals surface area contributed by atoms with Crippen molar-refractivity contribution in [3.05, 3.63) is 90.7 Å². The summed E-state index contributed by atoms with van der Waals surface area (Å²) in [5, 5.41) is 15.3. The number of benzene rings is 2. The molecule has 0 spiro atoms. The fourth-order valence-electron chi connectivity index (χ4n) is 4.23. The van der Waals surface area contributed by atoms with Gasteiger partial charge in [-0.1, -0.05) is 24.3 Å². The summed E-state index contributed by atoms with van der Waals surface area (Å²) in [6, 6.07) is 12.9. The lowest BCUT2D eigenvalue weighted by molar-refractivity contribution is -0.118. The Morgan fingerprint density at radius 3 is 2.59 bits per heavy atom. The van der Waals surface area contributed by atoms with E-state index in [4.69, 9.17) is 9.47 Å². The molecule has 1 aliphatic heterocycles. The van der Waals surface area contributed by atoms with Crippen LogP contribution in [0, 0.1) is 0 Å². The fraction of sp³-hybridized carbons (Fsp3) is 0.259. The first-order valence-corrected chi connectivity index (χ1v) is 11.7. The topological polar surface area (TPSA) is 135 Å². The van der Waals surface area contributed by atoms with Crippen molar-refractivity contribution in [2.75, 3.05) is 20.8 Å². The summed E-state index contributed by atoms with van der Waals surface area (Å²) in [6.07, 6.45) is 2.34. The number of ether oxygens (including phenoxy) is 2. The molecule has 0 bridgehead atoms. The van der Waals surface area contributed by atoms with Crippen molar-refractivity contribution < 1.29 is 19.4 Å². The molecule has 0 atom stereocenters. The van der Waals surface area contributed by atoms with Crippen LogP contribution >= 0.6 is 0 Å². The molecule has 37 heavy (non-hydrogen) atoms. The largest absolute Gasteiger partial charge is 0.494 e. The Bertz CT molecular complexity index is 1620. The molecule has 1 aromatic heterocycles. The van der Waals surface area contributed by atoms with E-state index in [0.717, 1.165) is 26.3 Å². The molecule has 0 unspecified atom stereocenters. The first-order chi connectivity index (χ1) is 17.8. The normalized spacial score (nSPS) is 13.3. The second-order valence-electron chi connectivity index (χ2n) is 8.46. The zero-order valence-electron chi connectivity index (χ0n) is 20.8. The van der Waals surface area contributed by atoms with E-state index in [0.29, 0.717) is 36.6 Å². The molecule has 10 heteroatoms. The van der Waals surface area contributed by atoms with Gasteiger partial charge in [0.15, 0.2) is 11.5 Å². The quantitative estimate of drug-likeness (QED) is 0.396. The van der Waals surface area contributed by atoms with Gasteiger partial charge in [0.25, 0.3) is 5.56 Å². The van der Waals surface area contributed by atoms with Crippen LogP contribution in [0.5, 0.6) is 17.4 Å². The monoisotopic (exact) mass is 504 g/mol. The number of fused-ring (bicyclic) bond motifs is 1. The van der Waals surface area contributed by atoms with E-state index in [-0.39, 0.29) is 18.0 Å². The van der Waals surface area contributed by atoms with E-state index >= 15 is 0 Å². The predicted octanol–water partition coefficient (Wildman–Crippen LogP) is 0.853. The number of aryl methyl sites for hydroxylation is 1. The number of rotatable bonds is 9. The molecule has 2 heterocycles. The molecule has 0 fully saturated rings. The van der Waals surface area contributed by atoms with E-state index < -0.39 is 17.1 Å². The lowest BCUT2D eigenvalue weighted by Gasteiger charge is -2.12. The molecule has 0 saturated carbocycles. The van der Waals surface area contributed by atoms with E-state index in [1.807, 2.05) is 30.3 Å². The number of allylic oxidation sites excluding steroid dienone is 1. The minimum atomic E-state index is -0.718. The van der Waals surface area contributed by atoms with Crippen LogP contribution in [-0.4, -0.2) is 41.3 Å². The van der Waals surface area contributed by atoms with Gasteiger partial charge < -0.3 is 19.9 Å². The Hall–Kier alpha value is -4.60. The maximum Gasteiger partial charge on any atom is 0.331 e. The summed E-state index contributed by atoms with van der Waals surface area (Å²) >= 11 is 0. The summed E-state index contributed by atoms with van der Waals surface area (Å²) < 4.78 is 11.7. The van der Waals surface area contributed by atoms with Crippen LogP contribution in [0.25, 0.3) is 11.6 Å². The van der Waals surface area contributed by atoms with Gasteiger partial charge >= 0.3 is 5.69 Å². The smallest absolute Gasteiger partial charge is 0.331 e. The molecule has 0 radical (unpaired) electrons. The van der Waals surface area contributed by atoms with Crippen molar-refractivity contribution in [1.29, 1.82) is 0 Å². The molecule has 1 amide bonds. The number of aromatic nitrogens is 2. The van der Waals surface area contributed by atoms with Gasteiger partial charge in [-0.2, -0.15) is 0 Å². The SMILES string of the molecule is COc1ccc(CCn2c(O)c(/C=C3\N=c4ccccc4=C3CCNC(C)=O)c(=O)[nH]c2=O)cc1OC. The highest BCUT2D eigenvalue weighted by atomic mass is 16.5. The van der Waals surface area contributed by atoms with Gasteiger partial charge in [-0.3, -0.25) is 19.1 Å². The number of nitrogens with zero attached hydrogens (tertiary/aromatic N) is 2. The first-order valence-electron chi connectivity index (χ1n) is 11.7. The third-order valence-corrected chi connectivity index (χ3v) is 6.09. The van der Waals surface area contributed by atoms with Gasteiger partial charge in [0.2, 0.25) is 11.8 Å². The zero-order chi connectivity index (χ0) is 26.5. The van der Waals surface area contributed by atoms with Crippen LogP contribution in [0.4, 0.5) is 0 Å². The van der Waals surface area contributed by atoms with Crippen LogP contribution in [0.15, 0.2) is 62.7 Å². The summed E-state index contributed by atoms with van der Waals surface area (Å²) in [4.78, 5) is 43.5. The number of amides is 1. The Balaban J connectivity index is 1.69. The van der Waals surface area contributed by atoms with Crippen LogP contribution in [0.3, 0.4) is 0 Å². The number of aromatic hydroxyl groups is 1. The number of carbonyl (C=O) groups is 1. The van der Waals surface area contributed by atoms with Gasteiger partial charge in [0.1, 0.15) is 5.56 Å². The molecular formula is C27H28N4O6. The highest BCUT2D eigenvalue weighted by Gasteiger charge is 2.18. The molecule has 2 aromatic carbocycles. The first kappa shape index (κ1) is 25.5. The molecular weight excluding hydrogens is 476 g/mol. The average molecular weight is 505 g/mol. The molecule has 4 rings (SSSR count). The number of nitrogens with one attached hydrogen (secondary N) is 2. The van der Waals surface area contributed by atoms with Gasteiger partial charge in [-0.05, 0) is 48.3 Å². The number of para-hydroxylation sites is 1. The number of carbonyl (C=O) groups excluding carboxylic acids is 1. The van der Waals surface area contributed by atoms with Crippen molar-refractivity contribution in [3.63, 3.8) is 0 Å². The van der Waals surface area contributed by atoms with Gasteiger partial charge in [0.05, 0.1) is 25.3 Å². The number of methoxy groups -OCH3 is 2. The Morgan fingerprint density at radius 1 is 1.11 bits per heavy atom. The molecule has 0 aliphatic carbocycles. The van der Waals surface area contributed by atoms with Crippen LogP contribution in [0.1, 0.15) is 24.5 Å². The molecule has 0 saturated heterocycles. The third kappa shape index (κ3) is 5.48. The molecule has 10 nitrogen and oxygen atoms in total. The molecule has 3 aromatic rings. The zero-order valence-corrected chi connectivity index (χ0v) is 20.8. The van der Waals surface area contributed by atoms with Crippen molar-refractivity contribution >= 4 is 17.6 Å². The van der Waals surface area contributed by atoms with E-state index in [2.05, 4.69) is 15.3 Å².